The van der Waals surface area contributed by atoms with E-state index in [1.165, 1.54) is 32.1 Å². The van der Waals surface area contributed by atoms with Gasteiger partial charge in [-0.1, -0.05) is 48.0 Å². The Kier molecular flexibility index (Phi) is 5.96. The molecule has 1 atom stereocenters. The number of alkyl halides is 1. The molecule has 1 heterocycles. The maximum absolute atomic E-state index is 12.3. The summed E-state index contributed by atoms with van der Waals surface area (Å²) >= 11 is 3.47. The van der Waals surface area contributed by atoms with Crippen molar-refractivity contribution in [2.45, 2.75) is 51.0 Å². The lowest BCUT2D eigenvalue weighted by Crippen LogP contribution is -2.49. The summed E-state index contributed by atoms with van der Waals surface area (Å²) in [6.45, 7) is 2.14. The van der Waals surface area contributed by atoms with Crippen LogP contribution in [-0.4, -0.2) is 41.9 Å². The SMILES string of the molecule is O=C(CCC1CCCCC1)N1CCOCC1CBr. The van der Waals surface area contributed by atoms with Crippen LogP contribution in [0.25, 0.3) is 0 Å². The minimum Gasteiger partial charge on any atom is -0.377 e. The number of hydrogen-bond donors (Lipinski definition) is 0. The van der Waals surface area contributed by atoms with Crippen LogP contribution < -0.4 is 0 Å². The van der Waals surface area contributed by atoms with Crippen LogP contribution in [0.2, 0.25) is 0 Å². The van der Waals surface area contributed by atoms with Crippen LogP contribution in [0.4, 0.5) is 0 Å². The van der Waals surface area contributed by atoms with E-state index in [4.69, 9.17) is 4.74 Å². The van der Waals surface area contributed by atoms with Gasteiger partial charge < -0.3 is 9.64 Å². The predicted octanol–water partition coefficient (Wildman–Crippen LogP) is 2.97. The summed E-state index contributed by atoms with van der Waals surface area (Å²) in [4.78, 5) is 14.3. The van der Waals surface area contributed by atoms with Crippen molar-refractivity contribution in [3.8, 4) is 0 Å². The number of rotatable bonds is 4. The number of nitrogens with zero attached hydrogens (tertiary/aromatic N) is 1. The second kappa shape index (κ2) is 7.49. The first kappa shape index (κ1) is 14.3. The Morgan fingerprint density at radius 2 is 2.06 bits per heavy atom. The van der Waals surface area contributed by atoms with Gasteiger partial charge in [0.05, 0.1) is 19.3 Å². The lowest BCUT2D eigenvalue weighted by Gasteiger charge is -2.35. The first-order valence-corrected chi connectivity index (χ1v) is 8.36. The van der Waals surface area contributed by atoms with E-state index in [-0.39, 0.29) is 6.04 Å². The van der Waals surface area contributed by atoms with Crippen molar-refractivity contribution in [2.75, 3.05) is 25.1 Å². The molecule has 2 rings (SSSR count). The van der Waals surface area contributed by atoms with Gasteiger partial charge in [0.25, 0.3) is 0 Å². The van der Waals surface area contributed by atoms with E-state index in [0.29, 0.717) is 19.1 Å². The molecule has 0 spiro atoms. The summed E-state index contributed by atoms with van der Waals surface area (Å²) in [5.41, 5.74) is 0. The monoisotopic (exact) mass is 317 g/mol. The summed E-state index contributed by atoms with van der Waals surface area (Å²) in [6, 6.07) is 0.234. The molecule has 4 heteroatoms. The van der Waals surface area contributed by atoms with Gasteiger partial charge in [0.1, 0.15) is 0 Å². The molecular weight excluding hydrogens is 294 g/mol. The Morgan fingerprint density at radius 1 is 1.28 bits per heavy atom. The first-order chi connectivity index (χ1) is 8.81. The van der Waals surface area contributed by atoms with Crippen molar-refractivity contribution >= 4 is 21.8 Å². The van der Waals surface area contributed by atoms with Crippen molar-refractivity contribution < 1.29 is 9.53 Å². The van der Waals surface area contributed by atoms with Crippen LogP contribution in [0, 0.1) is 5.92 Å². The molecule has 1 saturated carbocycles. The topological polar surface area (TPSA) is 29.5 Å². The summed E-state index contributed by atoms with van der Waals surface area (Å²) in [5, 5.41) is 0.822. The number of morpholine rings is 1. The Balaban J connectivity index is 1.75. The van der Waals surface area contributed by atoms with Crippen LogP contribution in [-0.2, 0) is 9.53 Å². The first-order valence-electron chi connectivity index (χ1n) is 7.24. The summed E-state index contributed by atoms with van der Waals surface area (Å²) in [5.74, 6) is 1.12. The van der Waals surface area contributed by atoms with E-state index in [2.05, 4.69) is 15.9 Å². The quantitative estimate of drug-likeness (QED) is 0.746. The zero-order valence-corrected chi connectivity index (χ0v) is 12.7. The molecule has 1 unspecified atom stereocenters. The molecule has 2 aliphatic rings. The molecule has 1 saturated heterocycles. The van der Waals surface area contributed by atoms with E-state index in [9.17, 15) is 4.79 Å². The number of carbonyl (C=O) groups is 1. The molecule has 3 nitrogen and oxygen atoms in total. The van der Waals surface area contributed by atoms with Gasteiger partial charge >= 0.3 is 0 Å². The molecule has 18 heavy (non-hydrogen) atoms. The average Bonchev–Trinajstić information content (AvgIpc) is 2.45. The minimum atomic E-state index is 0.234. The molecule has 1 amide bonds. The van der Waals surface area contributed by atoms with Gasteiger partial charge in [0.15, 0.2) is 0 Å². The Morgan fingerprint density at radius 3 is 2.78 bits per heavy atom. The van der Waals surface area contributed by atoms with E-state index in [1.54, 1.807) is 0 Å². The van der Waals surface area contributed by atoms with Crippen molar-refractivity contribution in [1.29, 1.82) is 0 Å². The van der Waals surface area contributed by atoms with Crippen LogP contribution >= 0.6 is 15.9 Å². The fourth-order valence-corrected chi connectivity index (χ4v) is 3.59. The van der Waals surface area contributed by atoms with Gasteiger partial charge in [0, 0.05) is 18.3 Å². The molecule has 104 valence electrons. The van der Waals surface area contributed by atoms with Gasteiger partial charge in [-0.05, 0) is 12.3 Å². The maximum atomic E-state index is 12.3. The molecule has 0 bridgehead atoms. The molecule has 1 aliphatic carbocycles. The maximum Gasteiger partial charge on any atom is 0.223 e. The number of hydrogen-bond acceptors (Lipinski definition) is 2. The van der Waals surface area contributed by atoms with Crippen molar-refractivity contribution in [3.05, 3.63) is 0 Å². The Labute approximate surface area is 118 Å². The van der Waals surface area contributed by atoms with Gasteiger partial charge in [-0.3, -0.25) is 4.79 Å². The molecule has 0 radical (unpaired) electrons. The van der Waals surface area contributed by atoms with Gasteiger partial charge in [-0.2, -0.15) is 0 Å². The lowest BCUT2D eigenvalue weighted by atomic mass is 9.86. The lowest BCUT2D eigenvalue weighted by molar-refractivity contribution is -0.139. The van der Waals surface area contributed by atoms with Crippen molar-refractivity contribution in [2.24, 2.45) is 5.92 Å². The van der Waals surface area contributed by atoms with Crippen LogP contribution in [0.15, 0.2) is 0 Å². The highest BCUT2D eigenvalue weighted by Gasteiger charge is 2.26. The third kappa shape index (κ3) is 3.95. The normalized spacial score (nSPS) is 26.3. The van der Waals surface area contributed by atoms with Crippen molar-refractivity contribution in [1.82, 2.24) is 4.90 Å². The standard InChI is InChI=1S/C14H24BrNO2/c15-10-13-11-18-9-8-16(13)14(17)7-6-12-4-2-1-3-5-12/h12-13H,1-11H2. The molecular formula is C14H24BrNO2. The number of ether oxygens (including phenoxy) is 1. The highest BCUT2D eigenvalue weighted by Crippen LogP contribution is 2.27. The molecule has 1 aliphatic heterocycles. The van der Waals surface area contributed by atoms with E-state index < -0.39 is 0 Å². The third-order valence-corrected chi connectivity index (χ3v) is 4.96. The summed E-state index contributed by atoms with van der Waals surface area (Å²) in [7, 11) is 0. The molecule has 0 aromatic carbocycles. The molecule has 0 N–H and O–H groups in total. The summed E-state index contributed by atoms with van der Waals surface area (Å²) in [6.07, 6.45) is 8.59. The zero-order valence-electron chi connectivity index (χ0n) is 11.1. The number of carbonyl (C=O) groups excluding carboxylic acids is 1. The van der Waals surface area contributed by atoms with Crippen molar-refractivity contribution in [3.63, 3.8) is 0 Å². The van der Waals surface area contributed by atoms with E-state index in [1.807, 2.05) is 4.90 Å². The van der Waals surface area contributed by atoms with E-state index >= 15 is 0 Å². The molecule has 2 fully saturated rings. The number of amides is 1. The van der Waals surface area contributed by atoms with Gasteiger partial charge in [0.2, 0.25) is 5.91 Å². The fourth-order valence-electron chi connectivity index (χ4n) is 3.06. The Hall–Kier alpha value is -0.0900. The zero-order chi connectivity index (χ0) is 12.8. The van der Waals surface area contributed by atoms with Gasteiger partial charge in [-0.25, -0.2) is 0 Å². The van der Waals surface area contributed by atoms with Crippen LogP contribution in [0.5, 0.6) is 0 Å². The predicted molar refractivity (Wildman–Crippen MR) is 75.9 cm³/mol. The van der Waals surface area contributed by atoms with Gasteiger partial charge in [-0.15, -0.1) is 0 Å². The van der Waals surface area contributed by atoms with Crippen LogP contribution in [0.3, 0.4) is 0 Å². The molecule has 0 aromatic rings. The Bertz CT molecular complexity index is 267. The highest BCUT2D eigenvalue weighted by molar-refractivity contribution is 9.09. The van der Waals surface area contributed by atoms with Crippen LogP contribution in [0.1, 0.15) is 44.9 Å². The average molecular weight is 318 g/mol. The minimum absolute atomic E-state index is 0.234. The highest BCUT2D eigenvalue weighted by atomic mass is 79.9. The largest absolute Gasteiger partial charge is 0.377 e. The number of halogens is 1. The summed E-state index contributed by atoms with van der Waals surface area (Å²) < 4.78 is 5.42. The second-order valence-electron chi connectivity index (χ2n) is 5.51. The fraction of sp³-hybridized carbons (Fsp3) is 0.929. The smallest absolute Gasteiger partial charge is 0.223 e. The van der Waals surface area contributed by atoms with E-state index in [0.717, 1.165) is 30.6 Å². The third-order valence-electron chi connectivity index (χ3n) is 4.22. The second-order valence-corrected chi connectivity index (χ2v) is 6.16. The molecule has 0 aromatic heterocycles.